The van der Waals surface area contributed by atoms with Crippen LogP contribution < -0.4 is 16.0 Å². The number of amides is 1. The Labute approximate surface area is 176 Å². The molecule has 1 aromatic heterocycles. The lowest BCUT2D eigenvalue weighted by Gasteiger charge is -2.19. The van der Waals surface area contributed by atoms with Crippen LogP contribution in [0.15, 0.2) is 15.5 Å². The molecular formula is C17H29IN4O5. The molecule has 1 rings (SSSR count). The number of carbonyl (C=O) groups is 2. The summed E-state index contributed by atoms with van der Waals surface area (Å²) in [5.74, 6) is 1.17. The second kappa shape index (κ2) is 11.7. The molecule has 154 valence electrons. The summed E-state index contributed by atoms with van der Waals surface area (Å²) in [6.45, 7) is 8.29. The lowest BCUT2D eigenvalue weighted by Crippen LogP contribution is -2.42. The van der Waals surface area contributed by atoms with Crippen LogP contribution >= 0.6 is 24.0 Å². The van der Waals surface area contributed by atoms with Gasteiger partial charge in [-0.25, -0.2) is 9.59 Å². The van der Waals surface area contributed by atoms with Gasteiger partial charge in [0.15, 0.2) is 5.96 Å². The summed E-state index contributed by atoms with van der Waals surface area (Å²) in [5, 5.41) is 8.75. The van der Waals surface area contributed by atoms with Crippen LogP contribution in [0.4, 0.5) is 4.79 Å². The Balaban J connectivity index is 0.00000676. The van der Waals surface area contributed by atoms with Gasteiger partial charge in [-0.15, -0.1) is 24.0 Å². The predicted molar refractivity (Wildman–Crippen MR) is 113 cm³/mol. The molecule has 10 heteroatoms. The Morgan fingerprint density at radius 1 is 1.19 bits per heavy atom. The Kier molecular flexibility index (Phi) is 10.8. The molecule has 0 bridgehead atoms. The van der Waals surface area contributed by atoms with E-state index in [1.807, 2.05) is 0 Å². The van der Waals surface area contributed by atoms with E-state index in [1.54, 1.807) is 40.8 Å². The van der Waals surface area contributed by atoms with Crippen LogP contribution in [0.5, 0.6) is 0 Å². The Morgan fingerprint density at radius 2 is 1.81 bits per heavy atom. The van der Waals surface area contributed by atoms with Crippen LogP contribution in [0.3, 0.4) is 0 Å². The highest BCUT2D eigenvalue weighted by atomic mass is 127. The van der Waals surface area contributed by atoms with Gasteiger partial charge in [0.25, 0.3) is 0 Å². The molecule has 0 unspecified atom stereocenters. The number of hydrogen-bond acceptors (Lipinski definition) is 6. The van der Waals surface area contributed by atoms with Crippen molar-refractivity contribution in [3.05, 3.63) is 23.2 Å². The zero-order valence-electron chi connectivity index (χ0n) is 16.6. The summed E-state index contributed by atoms with van der Waals surface area (Å²) < 4.78 is 15.4. The van der Waals surface area contributed by atoms with Crippen molar-refractivity contribution in [2.24, 2.45) is 4.99 Å². The number of aryl methyl sites for hydroxylation is 1. The first-order valence-corrected chi connectivity index (χ1v) is 8.25. The van der Waals surface area contributed by atoms with E-state index in [2.05, 4.69) is 20.9 Å². The quantitative estimate of drug-likeness (QED) is 0.182. The first-order valence-electron chi connectivity index (χ1n) is 8.25. The van der Waals surface area contributed by atoms with E-state index in [1.165, 1.54) is 7.11 Å². The number of rotatable bonds is 6. The first kappa shape index (κ1) is 25.0. The minimum Gasteiger partial charge on any atom is -0.465 e. The number of nitrogens with one attached hydrogen (secondary N) is 3. The number of carbonyl (C=O) groups excluding carboxylic acids is 2. The molecule has 0 saturated heterocycles. The van der Waals surface area contributed by atoms with Crippen molar-refractivity contribution >= 4 is 42.0 Å². The maximum atomic E-state index is 11.6. The van der Waals surface area contributed by atoms with Crippen LogP contribution in [0.1, 0.15) is 42.6 Å². The van der Waals surface area contributed by atoms with Crippen LogP contribution in [0.25, 0.3) is 0 Å². The molecule has 0 saturated carbocycles. The predicted octanol–water partition coefficient (Wildman–Crippen LogP) is 2.18. The molecule has 1 aromatic rings. The van der Waals surface area contributed by atoms with Gasteiger partial charge < -0.3 is 29.8 Å². The minimum absolute atomic E-state index is 0. The number of aliphatic imine (C=N–C) groups is 1. The van der Waals surface area contributed by atoms with Gasteiger partial charge in [-0.05, 0) is 33.8 Å². The summed E-state index contributed by atoms with van der Waals surface area (Å²) in [6.07, 6.45) is -0.469. The smallest absolute Gasteiger partial charge is 0.407 e. The number of halogens is 1. The molecule has 1 heterocycles. The third-order valence-electron chi connectivity index (χ3n) is 3.11. The number of nitrogens with zero attached hydrogens (tertiary/aromatic N) is 1. The van der Waals surface area contributed by atoms with Crippen molar-refractivity contribution in [2.45, 2.75) is 39.8 Å². The molecule has 1 amide bonds. The molecule has 0 aliphatic rings. The summed E-state index contributed by atoms with van der Waals surface area (Å²) >= 11 is 0. The third kappa shape index (κ3) is 9.50. The number of methoxy groups -OCH3 is 1. The summed E-state index contributed by atoms with van der Waals surface area (Å²) in [6, 6.07) is 1.63. The highest BCUT2D eigenvalue weighted by Crippen LogP contribution is 2.15. The lowest BCUT2D eigenvalue weighted by atomic mass is 10.2. The largest absolute Gasteiger partial charge is 0.465 e. The third-order valence-corrected chi connectivity index (χ3v) is 3.11. The molecule has 0 radical (unpaired) electrons. The molecular weight excluding hydrogens is 467 g/mol. The number of ether oxygens (including phenoxy) is 2. The average Bonchev–Trinajstić information content (AvgIpc) is 2.92. The lowest BCUT2D eigenvalue weighted by molar-refractivity contribution is 0.0527. The van der Waals surface area contributed by atoms with Gasteiger partial charge in [0.2, 0.25) is 0 Å². The van der Waals surface area contributed by atoms with E-state index < -0.39 is 17.7 Å². The number of esters is 1. The Hall–Kier alpha value is -1.98. The highest BCUT2D eigenvalue weighted by molar-refractivity contribution is 14.0. The maximum Gasteiger partial charge on any atom is 0.407 e. The standard InChI is InChI=1S/C17H28N4O5.HI/c1-11-13(14(22)24-6)9-12(25-11)10-21-15(18-5)19-7-8-20-16(23)26-17(2,3)4;/h9H,7-8,10H2,1-6H3,(H,20,23)(H2,18,19,21);1H. The first-order chi connectivity index (χ1) is 12.2. The number of alkyl carbamates (subject to hydrolysis) is 1. The topological polar surface area (TPSA) is 114 Å². The van der Waals surface area contributed by atoms with E-state index in [-0.39, 0.29) is 24.0 Å². The SMILES string of the molecule is CN=C(NCCNC(=O)OC(C)(C)C)NCc1cc(C(=O)OC)c(C)o1.I. The summed E-state index contributed by atoms with van der Waals surface area (Å²) in [5.41, 5.74) is -0.131. The molecule has 3 N–H and O–H groups in total. The van der Waals surface area contributed by atoms with Crippen molar-refractivity contribution in [1.29, 1.82) is 0 Å². The zero-order valence-corrected chi connectivity index (χ0v) is 18.9. The van der Waals surface area contributed by atoms with Gasteiger partial charge in [-0.3, -0.25) is 4.99 Å². The van der Waals surface area contributed by atoms with E-state index in [4.69, 9.17) is 13.9 Å². The fraction of sp³-hybridized carbons (Fsp3) is 0.588. The average molecular weight is 496 g/mol. The van der Waals surface area contributed by atoms with E-state index in [0.717, 1.165) is 0 Å². The van der Waals surface area contributed by atoms with Gasteiger partial charge in [0.1, 0.15) is 22.7 Å². The minimum atomic E-state index is -0.528. The van der Waals surface area contributed by atoms with Crippen LogP contribution in [-0.4, -0.2) is 50.9 Å². The van der Waals surface area contributed by atoms with Crippen molar-refractivity contribution in [1.82, 2.24) is 16.0 Å². The number of hydrogen-bond donors (Lipinski definition) is 3. The van der Waals surface area contributed by atoms with Gasteiger partial charge in [0.05, 0.1) is 13.7 Å². The van der Waals surface area contributed by atoms with Crippen molar-refractivity contribution in [3.63, 3.8) is 0 Å². The number of furan rings is 1. The normalized spacial score (nSPS) is 11.3. The second-order valence-corrected chi connectivity index (χ2v) is 6.46. The highest BCUT2D eigenvalue weighted by Gasteiger charge is 2.16. The molecule has 0 fully saturated rings. The van der Waals surface area contributed by atoms with Crippen LogP contribution in [0, 0.1) is 6.92 Å². The molecule has 0 aliphatic heterocycles. The molecule has 0 atom stereocenters. The molecule has 0 spiro atoms. The van der Waals surface area contributed by atoms with Gasteiger partial charge in [-0.2, -0.15) is 0 Å². The van der Waals surface area contributed by atoms with Crippen molar-refractivity contribution in [2.75, 3.05) is 27.2 Å². The Bertz CT molecular complexity index is 652. The Morgan fingerprint density at radius 3 is 2.37 bits per heavy atom. The molecule has 27 heavy (non-hydrogen) atoms. The van der Waals surface area contributed by atoms with E-state index in [0.29, 0.717) is 42.7 Å². The zero-order chi connectivity index (χ0) is 19.7. The monoisotopic (exact) mass is 496 g/mol. The van der Waals surface area contributed by atoms with Gasteiger partial charge in [0, 0.05) is 20.1 Å². The van der Waals surface area contributed by atoms with E-state index in [9.17, 15) is 9.59 Å². The second-order valence-electron chi connectivity index (χ2n) is 6.46. The van der Waals surface area contributed by atoms with Gasteiger partial charge in [-0.1, -0.05) is 0 Å². The van der Waals surface area contributed by atoms with Crippen LogP contribution in [0.2, 0.25) is 0 Å². The maximum absolute atomic E-state index is 11.6. The molecule has 9 nitrogen and oxygen atoms in total. The molecule has 0 aliphatic carbocycles. The summed E-state index contributed by atoms with van der Waals surface area (Å²) in [7, 11) is 2.95. The fourth-order valence-electron chi connectivity index (χ4n) is 1.99. The number of guanidine groups is 1. The van der Waals surface area contributed by atoms with E-state index >= 15 is 0 Å². The molecule has 0 aromatic carbocycles. The summed E-state index contributed by atoms with van der Waals surface area (Å²) in [4.78, 5) is 27.2. The van der Waals surface area contributed by atoms with Crippen molar-refractivity contribution < 1.29 is 23.5 Å². The van der Waals surface area contributed by atoms with Gasteiger partial charge >= 0.3 is 12.1 Å². The van der Waals surface area contributed by atoms with Crippen LogP contribution in [-0.2, 0) is 16.0 Å². The fourth-order valence-corrected chi connectivity index (χ4v) is 1.99. The van der Waals surface area contributed by atoms with Crippen molar-refractivity contribution in [3.8, 4) is 0 Å².